The summed E-state index contributed by atoms with van der Waals surface area (Å²) in [5.41, 5.74) is 0.554. The number of hydrogen-bond donors (Lipinski definition) is 1. The monoisotopic (exact) mass is 322 g/mol. The molecule has 0 saturated heterocycles. The third kappa shape index (κ3) is 9.24. The fourth-order valence-corrected chi connectivity index (χ4v) is 2.22. The SMILES string of the molecule is CCCCCCOc1ccc(C(=O)OCCCCCCO)cc1. The van der Waals surface area contributed by atoms with E-state index in [4.69, 9.17) is 14.6 Å². The molecule has 130 valence electrons. The predicted molar refractivity (Wildman–Crippen MR) is 91.9 cm³/mol. The van der Waals surface area contributed by atoms with Gasteiger partial charge >= 0.3 is 5.97 Å². The largest absolute Gasteiger partial charge is 0.494 e. The fraction of sp³-hybridized carbons (Fsp3) is 0.632. The first-order chi connectivity index (χ1) is 11.3. The smallest absolute Gasteiger partial charge is 0.338 e. The maximum absolute atomic E-state index is 11.9. The van der Waals surface area contributed by atoms with Crippen molar-refractivity contribution < 1.29 is 19.4 Å². The maximum atomic E-state index is 11.9. The molecule has 0 amide bonds. The Morgan fingerprint density at radius 2 is 1.57 bits per heavy atom. The van der Waals surface area contributed by atoms with Gasteiger partial charge in [0.1, 0.15) is 5.75 Å². The molecule has 0 aromatic heterocycles. The molecule has 4 nitrogen and oxygen atoms in total. The van der Waals surface area contributed by atoms with E-state index in [9.17, 15) is 4.79 Å². The summed E-state index contributed by atoms with van der Waals surface area (Å²) in [4.78, 5) is 11.9. The number of carbonyl (C=O) groups excluding carboxylic acids is 1. The van der Waals surface area contributed by atoms with Crippen molar-refractivity contribution in [2.45, 2.75) is 58.3 Å². The van der Waals surface area contributed by atoms with Gasteiger partial charge in [0.05, 0.1) is 18.8 Å². The second-order valence-electron chi connectivity index (χ2n) is 5.71. The van der Waals surface area contributed by atoms with Crippen LogP contribution in [0.2, 0.25) is 0 Å². The minimum absolute atomic E-state index is 0.229. The van der Waals surface area contributed by atoms with E-state index >= 15 is 0 Å². The fourth-order valence-electron chi connectivity index (χ4n) is 2.22. The quantitative estimate of drug-likeness (QED) is 0.433. The Labute approximate surface area is 139 Å². The number of rotatable bonds is 13. The van der Waals surface area contributed by atoms with Crippen LogP contribution in [0, 0.1) is 0 Å². The second kappa shape index (κ2) is 12.9. The zero-order chi connectivity index (χ0) is 16.8. The summed E-state index contributed by atoms with van der Waals surface area (Å²) in [6.07, 6.45) is 8.31. The lowest BCUT2D eigenvalue weighted by Crippen LogP contribution is -2.06. The molecule has 1 N–H and O–H groups in total. The highest BCUT2D eigenvalue weighted by atomic mass is 16.5. The van der Waals surface area contributed by atoms with E-state index < -0.39 is 0 Å². The Morgan fingerprint density at radius 1 is 0.913 bits per heavy atom. The van der Waals surface area contributed by atoms with Crippen molar-refractivity contribution >= 4 is 5.97 Å². The average Bonchev–Trinajstić information content (AvgIpc) is 2.58. The Balaban J connectivity index is 2.20. The van der Waals surface area contributed by atoms with E-state index in [1.165, 1.54) is 19.3 Å². The van der Waals surface area contributed by atoms with Gasteiger partial charge in [0.25, 0.3) is 0 Å². The van der Waals surface area contributed by atoms with E-state index in [-0.39, 0.29) is 12.6 Å². The van der Waals surface area contributed by atoms with Crippen LogP contribution in [-0.2, 0) is 4.74 Å². The summed E-state index contributed by atoms with van der Waals surface area (Å²) in [7, 11) is 0. The average molecular weight is 322 g/mol. The Bertz CT molecular complexity index is 414. The number of aliphatic hydroxyl groups is 1. The highest BCUT2D eigenvalue weighted by Crippen LogP contribution is 2.14. The topological polar surface area (TPSA) is 55.8 Å². The lowest BCUT2D eigenvalue weighted by Gasteiger charge is -2.07. The summed E-state index contributed by atoms with van der Waals surface area (Å²) in [6.45, 7) is 3.57. The maximum Gasteiger partial charge on any atom is 0.338 e. The molecule has 0 spiro atoms. The van der Waals surface area contributed by atoms with Gasteiger partial charge in [0.15, 0.2) is 0 Å². The minimum Gasteiger partial charge on any atom is -0.494 e. The van der Waals surface area contributed by atoms with Crippen molar-refractivity contribution in [3.8, 4) is 5.75 Å². The normalized spacial score (nSPS) is 10.5. The van der Waals surface area contributed by atoms with Gasteiger partial charge in [-0.15, -0.1) is 0 Å². The van der Waals surface area contributed by atoms with Crippen LogP contribution in [0.1, 0.15) is 68.6 Å². The van der Waals surface area contributed by atoms with Crippen LogP contribution < -0.4 is 4.74 Å². The molecule has 23 heavy (non-hydrogen) atoms. The molecule has 0 unspecified atom stereocenters. The van der Waals surface area contributed by atoms with Crippen LogP contribution in [0.4, 0.5) is 0 Å². The zero-order valence-corrected chi connectivity index (χ0v) is 14.3. The third-order valence-electron chi connectivity index (χ3n) is 3.64. The minimum atomic E-state index is -0.290. The summed E-state index contributed by atoms with van der Waals surface area (Å²) < 4.78 is 10.9. The van der Waals surface area contributed by atoms with Gasteiger partial charge in [0.2, 0.25) is 0 Å². The summed E-state index contributed by atoms with van der Waals surface area (Å²) in [6, 6.07) is 7.13. The second-order valence-corrected chi connectivity index (χ2v) is 5.71. The first-order valence-electron chi connectivity index (χ1n) is 8.78. The molecular weight excluding hydrogens is 292 g/mol. The lowest BCUT2D eigenvalue weighted by molar-refractivity contribution is 0.0497. The lowest BCUT2D eigenvalue weighted by atomic mass is 10.2. The standard InChI is InChI=1S/C19H30O4/c1-2-3-4-8-15-22-18-12-10-17(11-13-18)19(21)23-16-9-6-5-7-14-20/h10-13,20H,2-9,14-16H2,1H3. The van der Waals surface area contributed by atoms with Crippen molar-refractivity contribution in [1.29, 1.82) is 0 Å². The Kier molecular flexibility index (Phi) is 11.0. The first-order valence-corrected chi connectivity index (χ1v) is 8.78. The Morgan fingerprint density at radius 3 is 2.26 bits per heavy atom. The van der Waals surface area contributed by atoms with Crippen LogP contribution in [-0.4, -0.2) is 30.9 Å². The van der Waals surface area contributed by atoms with E-state index in [2.05, 4.69) is 6.92 Å². The van der Waals surface area contributed by atoms with Gasteiger partial charge < -0.3 is 14.6 Å². The zero-order valence-electron chi connectivity index (χ0n) is 14.3. The number of hydrogen-bond acceptors (Lipinski definition) is 4. The van der Waals surface area contributed by atoms with Crippen molar-refractivity contribution in [3.63, 3.8) is 0 Å². The molecule has 1 aromatic rings. The van der Waals surface area contributed by atoms with Crippen LogP contribution in [0.15, 0.2) is 24.3 Å². The molecule has 0 aliphatic carbocycles. The summed E-state index contributed by atoms with van der Waals surface area (Å²) in [5.74, 6) is 0.503. The van der Waals surface area contributed by atoms with Gasteiger partial charge in [-0.1, -0.05) is 32.6 Å². The van der Waals surface area contributed by atoms with E-state index in [1.54, 1.807) is 12.1 Å². The molecule has 0 aliphatic rings. The third-order valence-corrected chi connectivity index (χ3v) is 3.64. The highest BCUT2D eigenvalue weighted by molar-refractivity contribution is 5.89. The molecule has 0 radical (unpaired) electrons. The van der Waals surface area contributed by atoms with Gasteiger partial charge in [0, 0.05) is 6.61 Å². The molecule has 0 aliphatic heterocycles. The van der Waals surface area contributed by atoms with Gasteiger partial charge in [-0.2, -0.15) is 0 Å². The summed E-state index contributed by atoms with van der Waals surface area (Å²) in [5, 5.41) is 8.68. The number of benzene rings is 1. The number of aliphatic hydroxyl groups excluding tert-OH is 1. The number of ether oxygens (including phenoxy) is 2. The van der Waals surface area contributed by atoms with Crippen LogP contribution in [0.3, 0.4) is 0 Å². The first kappa shape index (κ1) is 19.5. The van der Waals surface area contributed by atoms with E-state index in [0.29, 0.717) is 12.2 Å². The molecule has 1 rings (SSSR count). The van der Waals surface area contributed by atoms with Crippen molar-refractivity contribution in [1.82, 2.24) is 0 Å². The van der Waals surface area contributed by atoms with Crippen LogP contribution in [0.25, 0.3) is 0 Å². The molecular formula is C19H30O4. The molecule has 0 heterocycles. The Hall–Kier alpha value is -1.55. The molecule has 1 aromatic carbocycles. The van der Waals surface area contributed by atoms with E-state index in [0.717, 1.165) is 44.5 Å². The number of carbonyl (C=O) groups is 1. The molecule has 0 atom stereocenters. The van der Waals surface area contributed by atoms with Crippen LogP contribution >= 0.6 is 0 Å². The van der Waals surface area contributed by atoms with Crippen LogP contribution in [0.5, 0.6) is 5.75 Å². The van der Waals surface area contributed by atoms with Crippen molar-refractivity contribution in [3.05, 3.63) is 29.8 Å². The molecule has 4 heteroatoms. The predicted octanol–water partition coefficient (Wildman–Crippen LogP) is 4.36. The van der Waals surface area contributed by atoms with Gasteiger partial charge in [-0.3, -0.25) is 0 Å². The number of unbranched alkanes of at least 4 members (excludes halogenated alkanes) is 6. The van der Waals surface area contributed by atoms with Gasteiger partial charge in [-0.05, 0) is 49.9 Å². The molecule has 0 saturated carbocycles. The summed E-state index contributed by atoms with van der Waals surface area (Å²) >= 11 is 0. The molecule has 0 fully saturated rings. The van der Waals surface area contributed by atoms with Crippen molar-refractivity contribution in [2.75, 3.05) is 19.8 Å². The molecule has 0 bridgehead atoms. The number of esters is 1. The van der Waals surface area contributed by atoms with Gasteiger partial charge in [-0.25, -0.2) is 4.79 Å². The highest BCUT2D eigenvalue weighted by Gasteiger charge is 2.07. The van der Waals surface area contributed by atoms with E-state index in [1.807, 2.05) is 12.1 Å². The van der Waals surface area contributed by atoms with Crippen molar-refractivity contribution in [2.24, 2.45) is 0 Å².